The van der Waals surface area contributed by atoms with Crippen LogP contribution in [0.5, 0.6) is 0 Å². The highest BCUT2D eigenvalue weighted by Crippen LogP contribution is 2.18. The third-order valence-corrected chi connectivity index (χ3v) is 3.76. The molecule has 18 heavy (non-hydrogen) atoms. The fraction of sp³-hybridized carbons (Fsp3) is 0.385. The highest BCUT2D eigenvalue weighted by molar-refractivity contribution is 7.86. The van der Waals surface area contributed by atoms with Gasteiger partial charge in [-0.15, -0.1) is 0 Å². The number of allylic oxidation sites excluding steroid dienone is 1. The van der Waals surface area contributed by atoms with Crippen molar-refractivity contribution in [1.29, 1.82) is 0 Å². The molecule has 5 heteroatoms. The molecule has 0 saturated carbocycles. The number of methoxy groups -OCH3 is 1. The van der Waals surface area contributed by atoms with Crippen LogP contribution in [0.25, 0.3) is 5.57 Å². The van der Waals surface area contributed by atoms with Crippen LogP contribution in [0.4, 0.5) is 0 Å². The Morgan fingerprint density at radius 3 is 2.33 bits per heavy atom. The van der Waals surface area contributed by atoms with Crippen molar-refractivity contribution in [2.45, 2.75) is 24.8 Å². The first-order chi connectivity index (χ1) is 8.36. The summed E-state index contributed by atoms with van der Waals surface area (Å²) in [4.78, 5) is 0.135. The Morgan fingerprint density at radius 1 is 1.33 bits per heavy atom. The minimum absolute atomic E-state index is 0.135. The summed E-state index contributed by atoms with van der Waals surface area (Å²) in [5.41, 5.74) is 1.78. The standard InChI is InChI=1S/C13H18O4S/c1-10(2)12-5-7-13(8-6-12)18(14,15)17-11(3)9-16-4/h5-8,11H,1,9H2,2-4H3. The van der Waals surface area contributed by atoms with Crippen LogP contribution < -0.4 is 0 Å². The number of hydrogen-bond donors (Lipinski definition) is 0. The molecule has 0 aromatic heterocycles. The van der Waals surface area contributed by atoms with Gasteiger partial charge in [0.2, 0.25) is 0 Å². The molecule has 0 aliphatic rings. The largest absolute Gasteiger partial charge is 0.382 e. The van der Waals surface area contributed by atoms with Gasteiger partial charge < -0.3 is 4.74 Å². The zero-order valence-corrected chi connectivity index (χ0v) is 11.7. The van der Waals surface area contributed by atoms with Crippen LogP contribution >= 0.6 is 0 Å². The smallest absolute Gasteiger partial charge is 0.297 e. The molecule has 0 radical (unpaired) electrons. The van der Waals surface area contributed by atoms with Crippen molar-refractivity contribution >= 4 is 15.7 Å². The van der Waals surface area contributed by atoms with Crippen LogP contribution in [0.2, 0.25) is 0 Å². The molecular formula is C13H18O4S. The van der Waals surface area contributed by atoms with E-state index in [-0.39, 0.29) is 11.5 Å². The summed E-state index contributed by atoms with van der Waals surface area (Å²) in [5.74, 6) is 0. The molecule has 4 nitrogen and oxygen atoms in total. The van der Waals surface area contributed by atoms with Gasteiger partial charge >= 0.3 is 0 Å². The Balaban J connectivity index is 2.88. The summed E-state index contributed by atoms with van der Waals surface area (Å²) in [6.07, 6.45) is -0.513. The summed E-state index contributed by atoms with van der Waals surface area (Å²) < 4.78 is 33.6. The molecule has 1 aromatic rings. The highest BCUT2D eigenvalue weighted by atomic mass is 32.2. The quantitative estimate of drug-likeness (QED) is 0.745. The van der Waals surface area contributed by atoms with Gasteiger partial charge in [0, 0.05) is 7.11 Å². The van der Waals surface area contributed by atoms with Gasteiger partial charge in [-0.2, -0.15) is 8.42 Å². The topological polar surface area (TPSA) is 52.6 Å². The lowest BCUT2D eigenvalue weighted by Crippen LogP contribution is -2.20. The van der Waals surface area contributed by atoms with Crippen LogP contribution in [0.1, 0.15) is 19.4 Å². The summed E-state index contributed by atoms with van der Waals surface area (Å²) in [6, 6.07) is 6.44. The Morgan fingerprint density at radius 2 is 1.89 bits per heavy atom. The van der Waals surface area contributed by atoms with Gasteiger partial charge in [0.25, 0.3) is 10.1 Å². The number of rotatable bonds is 6. The molecule has 1 aromatic carbocycles. The molecule has 0 aliphatic heterocycles. The Kier molecular flexibility index (Phi) is 5.07. The van der Waals surface area contributed by atoms with Crippen LogP contribution in [0.3, 0.4) is 0 Å². The molecule has 0 amide bonds. The fourth-order valence-electron chi connectivity index (χ4n) is 1.44. The second-order valence-electron chi connectivity index (χ2n) is 4.12. The van der Waals surface area contributed by atoms with Crippen molar-refractivity contribution in [2.75, 3.05) is 13.7 Å². The molecule has 0 aliphatic carbocycles. The van der Waals surface area contributed by atoms with Gasteiger partial charge in [0.15, 0.2) is 0 Å². The van der Waals surface area contributed by atoms with Crippen molar-refractivity contribution in [1.82, 2.24) is 0 Å². The van der Waals surface area contributed by atoms with Crippen LogP contribution in [0.15, 0.2) is 35.7 Å². The maximum absolute atomic E-state index is 11.9. The van der Waals surface area contributed by atoms with Gasteiger partial charge in [0.1, 0.15) is 0 Å². The first kappa shape index (κ1) is 14.9. The van der Waals surface area contributed by atoms with E-state index in [9.17, 15) is 8.42 Å². The van der Waals surface area contributed by atoms with E-state index < -0.39 is 16.2 Å². The molecule has 0 spiro atoms. The normalized spacial score (nSPS) is 13.3. The van der Waals surface area contributed by atoms with Gasteiger partial charge in [-0.1, -0.05) is 24.3 Å². The van der Waals surface area contributed by atoms with E-state index in [1.54, 1.807) is 19.1 Å². The predicted molar refractivity (Wildman–Crippen MR) is 70.8 cm³/mol. The lowest BCUT2D eigenvalue weighted by atomic mass is 10.1. The van der Waals surface area contributed by atoms with Gasteiger partial charge in [-0.25, -0.2) is 0 Å². The summed E-state index contributed by atoms with van der Waals surface area (Å²) in [7, 11) is -2.24. The van der Waals surface area contributed by atoms with Crippen molar-refractivity contribution in [3.8, 4) is 0 Å². The Bertz CT molecular complexity index is 502. The molecule has 0 saturated heterocycles. The third-order valence-electron chi connectivity index (χ3n) is 2.33. The lowest BCUT2D eigenvalue weighted by Gasteiger charge is -2.12. The van der Waals surface area contributed by atoms with Gasteiger partial charge in [-0.3, -0.25) is 4.18 Å². The first-order valence-electron chi connectivity index (χ1n) is 5.55. The van der Waals surface area contributed by atoms with E-state index in [1.165, 1.54) is 19.2 Å². The minimum Gasteiger partial charge on any atom is -0.382 e. The van der Waals surface area contributed by atoms with Crippen LogP contribution in [-0.2, 0) is 19.0 Å². The predicted octanol–water partition coefficient (Wildman–Crippen LogP) is 2.46. The molecule has 0 heterocycles. The molecule has 100 valence electrons. The maximum Gasteiger partial charge on any atom is 0.297 e. The molecule has 0 bridgehead atoms. The SMILES string of the molecule is C=C(C)c1ccc(S(=O)(=O)OC(C)COC)cc1. The number of benzene rings is 1. The minimum atomic E-state index is -3.73. The maximum atomic E-state index is 11.9. The van der Waals surface area contributed by atoms with Gasteiger partial charge in [0.05, 0.1) is 17.6 Å². The second kappa shape index (κ2) is 6.13. The van der Waals surface area contributed by atoms with Crippen molar-refractivity contribution in [3.63, 3.8) is 0 Å². The summed E-state index contributed by atoms with van der Waals surface area (Å²) in [5, 5.41) is 0. The van der Waals surface area contributed by atoms with E-state index >= 15 is 0 Å². The average Bonchev–Trinajstić information content (AvgIpc) is 2.28. The van der Waals surface area contributed by atoms with Crippen LogP contribution in [0, 0.1) is 0 Å². The monoisotopic (exact) mass is 270 g/mol. The molecule has 0 fully saturated rings. The Hall–Kier alpha value is -1.17. The molecule has 1 unspecified atom stereocenters. The highest BCUT2D eigenvalue weighted by Gasteiger charge is 2.18. The summed E-state index contributed by atoms with van der Waals surface area (Å²) in [6.45, 7) is 7.52. The summed E-state index contributed by atoms with van der Waals surface area (Å²) >= 11 is 0. The molecular weight excluding hydrogens is 252 g/mol. The Labute approximate surface area is 108 Å². The van der Waals surface area contributed by atoms with Gasteiger partial charge in [-0.05, 0) is 31.5 Å². The number of ether oxygens (including phenoxy) is 1. The average molecular weight is 270 g/mol. The molecule has 1 rings (SSSR count). The fourth-order valence-corrected chi connectivity index (χ4v) is 2.51. The van der Waals surface area contributed by atoms with E-state index in [4.69, 9.17) is 8.92 Å². The van der Waals surface area contributed by atoms with Crippen molar-refractivity contribution in [3.05, 3.63) is 36.4 Å². The zero-order valence-electron chi connectivity index (χ0n) is 10.8. The number of hydrogen-bond acceptors (Lipinski definition) is 4. The van der Waals surface area contributed by atoms with E-state index in [0.29, 0.717) is 0 Å². The van der Waals surface area contributed by atoms with Crippen LogP contribution in [-0.4, -0.2) is 28.2 Å². The molecule has 0 N–H and O–H groups in total. The first-order valence-corrected chi connectivity index (χ1v) is 6.96. The second-order valence-corrected chi connectivity index (χ2v) is 5.69. The zero-order chi connectivity index (χ0) is 13.8. The lowest BCUT2D eigenvalue weighted by molar-refractivity contribution is 0.0962. The third kappa shape index (κ3) is 3.94. The van der Waals surface area contributed by atoms with Crippen molar-refractivity contribution in [2.24, 2.45) is 0 Å². The molecule has 1 atom stereocenters. The van der Waals surface area contributed by atoms with E-state index in [0.717, 1.165) is 11.1 Å². The van der Waals surface area contributed by atoms with Crippen molar-refractivity contribution < 1.29 is 17.3 Å². The van der Waals surface area contributed by atoms with E-state index in [1.807, 2.05) is 6.92 Å². The van der Waals surface area contributed by atoms with E-state index in [2.05, 4.69) is 6.58 Å².